The van der Waals surface area contributed by atoms with Gasteiger partial charge in [0.05, 0.1) is 6.61 Å². The van der Waals surface area contributed by atoms with Gasteiger partial charge in [0.1, 0.15) is 11.9 Å². The van der Waals surface area contributed by atoms with Crippen LogP contribution in [-0.4, -0.2) is 12.7 Å². The lowest BCUT2D eigenvalue weighted by Gasteiger charge is -2.25. The Balaban J connectivity index is 1.98. The van der Waals surface area contributed by atoms with E-state index in [0.717, 1.165) is 16.7 Å². The van der Waals surface area contributed by atoms with Crippen molar-refractivity contribution in [2.75, 3.05) is 6.61 Å². The van der Waals surface area contributed by atoms with Crippen LogP contribution in [0, 0.1) is 0 Å². The van der Waals surface area contributed by atoms with E-state index in [1.165, 1.54) is 0 Å². The fourth-order valence-electron chi connectivity index (χ4n) is 2.48. The predicted molar refractivity (Wildman–Crippen MR) is 80.4 cm³/mol. The highest BCUT2D eigenvalue weighted by Crippen LogP contribution is 2.38. The Labute approximate surface area is 127 Å². The fourth-order valence-corrected chi connectivity index (χ4v) is 2.73. The zero-order chi connectivity index (χ0) is 14.8. The van der Waals surface area contributed by atoms with Crippen molar-refractivity contribution < 1.29 is 14.3 Å². The van der Waals surface area contributed by atoms with E-state index in [2.05, 4.69) is 0 Å². The Morgan fingerprint density at radius 2 is 2.10 bits per heavy atom. The highest BCUT2D eigenvalue weighted by Gasteiger charge is 2.24. The molecule has 0 saturated heterocycles. The second-order valence-electron chi connectivity index (χ2n) is 4.80. The van der Waals surface area contributed by atoms with Gasteiger partial charge in [0.15, 0.2) is 0 Å². The molecule has 3 rings (SSSR count). The van der Waals surface area contributed by atoms with Crippen LogP contribution >= 0.6 is 11.6 Å². The number of rotatable bonds is 2. The minimum atomic E-state index is -0.775. The molecule has 5 heteroatoms. The Morgan fingerprint density at radius 3 is 2.86 bits per heavy atom. The van der Waals surface area contributed by atoms with Crippen LogP contribution in [-0.2, 0) is 4.74 Å². The number of halogens is 1. The molecular weight excluding hydrogens is 290 g/mol. The summed E-state index contributed by atoms with van der Waals surface area (Å²) in [6.07, 6.45) is -0.531. The summed E-state index contributed by atoms with van der Waals surface area (Å²) in [5.41, 5.74) is 7.82. The van der Waals surface area contributed by atoms with Crippen LogP contribution in [0.25, 0.3) is 11.1 Å². The molecule has 1 amide bonds. The number of carbonyl (C=O) groups excluding carboxylic acids is 1. The summed E-state index contributed by atoms with van der Waals surface area (Å²) in [6, 6.07) is 13.3. The van der Waals surface area contributed by atoms with Gasteiger partial charge in [0.2, 0.25) is 0 Å². The number of hydrogen-bond donors (Lipinski definition) is 1. The number of primary amides is 1. The normalized spacial score (nSPS) is 16.7. The fraction of sp³-hybridized carbons (Fsp3) is 0.188. The standard InChI is InChI=1S/C16H14ClNO3/c17-13-4-2-1-3-11(13)10-5-6-12-14(21-16(18)19)7-8-20-15(12)9-10/h1-6,9,14H,7-8H2,(H2,18,19). The van der Waals surface area contributed by atoms with Gasteiger partial charge in [-0.05, 0) is 17.7 Å². The summed E-state index contributed by atoms with van der Waals surface area (Å²) < 4.78 is 10.8. The molecule has 2 N–H and O–H groups in total. The lowest BCUT2D eigenvalue weighted by Crippen LogP contribution is -2.22. The first-order valence-corrected chi connectivity index (χ1v) is 7.00. The number of carbonyl (C=O) groups is 1. The maximum absolute atomic E-state index is 11.0. The molecule has 1 aliphatic heterocycles. The van der Waals surface area contributed by atoms with Crippen molar-refractivity contribution in [2.24, 2.45) is 5.73 Å². The van der Waals surface area contributed by atoms with Crippen LogP contribution in [0.4, 0.5) is 4.79 Å². The predicted octanol–water partition coefficient (Wildman–Crippen LogP) is 3.93. The van der Waals surface area contributed by atoms with Crippen LogP contribution < -0.4 is 10.5 Å². The van der Waals surface area contributed by atoms with Gasteiger partial charge in [-0.1, -0.05) is 41.9 Å². The van der Waals surface area contributed by atoms with Crippen LogP contribution in [0.1, 0.15) is 18.1 Å². The molecular formula is C16H14ClNO3. The van der Waals surface area contributed by atoms with E-state index in [-0.39, 0.29) is 6.10 Å². The smallest absolute Gasteiger partial charge is 0.405 e. The number of nitrogens with two attached hydrogens (primary N) is 1. The van der Waals surface area contributed by atoms with Gasteiger partial charge in [-0.2, -0.15) is 0 Å². The molecule has 0 saturated carbocycles. The minimum absolute atomic E-state index is 0.355. The third-order valence-corrected chi connectivity index (χ3v) is 3.77. The first kappa shape index (κ1) is 13.8. The van der Waals surface area contributed by atoms with E-state index in [0.29, 0.717) is 23.8 Å². The molecule has 1 atom stereocenters. The molecule has 1 heterocycles. The monoisotopic (exact) mass is 303 g/mol. The van der Waals surface area contributed by atoms with E-state index < -0.39 is 6.09 Å². The van der Waals surface area contributed by atoms with E-state index in [4.69, 9.17) is 26.8 Å². The van der Waals surface area contributed by atoms with Crippen LogP contribution in [0.5, 0.6) is 5.75 Å². The molecule has 21 heavy (non-hydrogen) atoms. The van der Waals surface area contributed by atoms with Crippen molar-refractivity contribution in [3.8, 4) is 16.9 Å². The number of hydrogen-bond acceptors (Lipinski definition) is 3. The zero-order valence-electron chi connectivity index (χ0n) is 11.2. The number of benzene rings is 2. The molecule has 0 aliphatic carbocycles. The van der Waals surface area contributed by atoms with Crippen LogP contribution in [0.15, 0.2) is 42.5 Å². The molecule has 1 unspecified atom stereocenters. The second-order valence-corrected chi connectivity index (χ2v) is 5.20. The zero-order valence-corrected chi connectivity index (χ0v) is 12.0. The van der Waals surface area contributed by atoms with Crippen molar-refractivity contribution in [1.29, 1.82) is 0 Å². The number of amides is 1. The molecule has 0 fully saturated rings. The summed E-state index contributed by atoms with van der Waals surface area (Å²) in [4.78, 5) is 11.0. The average molecular weight is 304 g/mol. The molecule has 0 bridgehead atoms. The molecule has 4 nitrogen and oxygen atoms in total. The summed E-state index contributed by atoms with van der Waals surface area (Å²) in [6.45, 7) is 0.483. The first-order chi connectivity index (χ1) is 10.1. The van der Waals surface area contributed by atoms with Crippen LogP contribution in [0.3, 0.4) is 0 Å². The van der Waals surface area contributed by atoms with Crippen molar-refractivity contribution in [3.05, 3.63) is 53.1 Å². The van der Waals surface area contributed by atoms with Gasteiger partial charge in [-0.25, -0.2) is 4.79 Å². The van der Waals surface area contributed by atoms with Crippen molar-refractivity contribution in [3.63, 3.8) is 0 Å². The van der Waals surface area contributed by atoms with Gasteiger partial charge < -0.3 is 15.2 Å². The van der Waals surface area contributed by atoms with Gasteiger partial charge in [0.25, 0.3) is 0 Å². The molecule has 0 radical (unpaired) electrons. The van der Waals surface area contributed by atoms with Gasteiger partial charge in [-0.3, -0.25) is 0 Å². The van der Waals surface area contributed by atoms with Crippen molar-refractivity contribution >= 4 is 17.7 Å². The summed E-state index contributed by atoms with van der Waals surface area (Å²) in [7, 11) is 0. The van der Waals surface area contributed by atoms with Gasteiger partial charge in [0, 0.05) is 22.6 Å². The molecule has 108 valence electrons. The molecule has 2 aromatic carbocycles. The summed E-state index contributed by atoms with van der Waals surface area (Å²) in [5.74, 6) is 0.699. The Kier molecular flexibility index (Phi) is 3.71. The molecule has 1 aliphatic rings. The Bertz CT molecular complexity index is 687. The lowest BCUT2D eigenvalue weighted by atomic mass is 9.98. The van der Waals surface area contributed by atoms with Crippen LogP contribution in [0.2, 0.25) is 5.02 Å². The first-order valence-electron chi connectivity index (χ1n) is 6.63. The van der Waals surface area contributed by atoms with E-state index >= 15 is 0 Å². The maximum Gasteiger partial charge on any atom is 0.405 e. The van der Waals surface area contributed by atoms with E-state index in [9.17, 15) is 4.79 Å². The SMILES string of the molecule is NC(=O)OC1CCOc2cc(-c3ccccc3Cl)ccc21. The largest absolute Gasteiger partial charge is 0.493 e. The van der Waals surface area contributed by atoms with Gasteiger partial charge >= 0.3 is 6.09 Å². The number of ether oxygens (including phenoxy) is 2. The average Bonchev–Trinajstić information content (AvgIpc) is 2.47. The number of fused-ring (bicyclic) bond motifs is 1. The summed E-state index contributed by atoms with van der Waals surface area (Å²) >= 11 is 6.21. The highest BCUT2D eigenvalue weighted by molar-refractivity contribution is 6.33. The third kappa shape index (κ3) is 2.81. The highest BCUT2D eigenvalue weighted by atomic mass is 35.5. The molecule has 0 spiro atoms. The molecule has 2 aromatic rings. The van der Waals surface area contributed by atoms with E-state index in [1.807, 2.05) is 42.5 Å². The maximum atomic E-state index is 11.0. The Hall–Kier alpha value is -2.20. The molecule has 0 aromatic heterocycles. The minimum Gasteiger partial charge on any atom is -0.493 e. The quantitative estimate of drug-likeness (QED) is 0.914. The third-order valence-electron chi connectivity index (χ3n) is 3.44. The second kappa shape index (κ2) is 5.66. The van der Waals surface area contributed by atoms with Crippen molar-refractivity contribution in [2.45, 2.75) is 12.5 Å². The topological polar surface area (TPSA) is 61.6 Å². The lowest BCUT2D eigenvalue weighted by molar-refractivity contribution is 0.0766. The van der Waals surface area contributed by atoms with E-state index in [1.54, 1.807) is 0 Å². The Morgan fingerprint density at radius 1 is 1.29 bits per heavy atom. The van der Waals surface area contributed by atoms with Crippen molar-refractivity contribution in [1.82, 2.24) is 0 Å². The summed E-state index contributed by atoms with van der Waals surface area (Å²) in [5, 5.41) is 0.679. The van der Waals surface area contributed by atoms with Gasteiger partial charge in [-0.15, -0.1) is 0 Å².